The Hall–Kier alpha value is -0.800. The first-order valence-electron chi connectivity index (χ1n) is 7.15. The van der Waals surface area contributed by atoms with Gasteiger partial charge in [-0.15, -0.1) is 0 Å². The molecule has 2 atom stereocenters. The van der Waals surface area contributed by atoms with Crippen LogP contribution < -0.4 is 5.32 Å². The average Bonchev–Trinajstić information content (AvgIpc) is 2.42. The highest BCUT2D eigenvalue weighted by Gasteiger charge is 2.18. The highest BCUT2D eigenvalue weighted by atomic mass is 35.5. The van der Waals surface area contributed by atoms with Gasteiger partial charge in [0, 0.05) is 12.7 Å². The Morgan fingerprint density at radius 2 is 2.25 bits per heavy atom. The summed E-state index contributed by atoms with van der Waals surface area (Å²) >= 11 is 11.6. The lowest BCUT2D eigenvalue weighted by molar-refractivity contribution is 0.0949. The van der Waals surface area contributed by atoms with Crippen molar-refractivity contribution in [1.82, 2.24) is 10.3 Å². The fourth-order valence-electron chi connectivity index (χ4n) is 2.86. The number of carbonyl (C=O) groups excluding carboxylic acids is 1. The Bertz CT molecular complexity index is 479. The lowest BCUT2D eigenvalue weighted by atomic mass is 9.81. The Morgan fingerprint density at radius 1 is 1.45 bits per heavy atom. The van der Waals surface area contributed by atoms with Crippen LogP contribution in [-0.2, 0) is 0 Å². The summed E-state index contributed by atoms with van der Waals surface area (Å²) < 4.78 is 0. The van der Waals surface area contributed by atoms with E-state index in [1.54, 1.807) is 6.07 Å². The van der Waals surface area contributed by atoms with Crippen LogP contribution in [0.4, 0.5) is 0 Å². The van der Waals surface area contributed by atoms with Crippen LogP contribution in [0.2, 0.25) is 10.2 Å². The first-order chi connectivity index (χ1) is 9.56. The van der Waals surface area contributed by atoms with Gasteiger partial charge in [-0.3, -0.25) is 4.79 Å². The van der Waals surface area contributed by atoms with Crippen molar-refractivity contribution >= 4 is 29.1 Å². The molecule has 2 rings (SSSR count). The SMILES string of the molecule is CC1CCCC(CCNC(=O)c2cnc(Cl)c(Cl)c2)C1. The van der Waals surface area contributed by atoms with Crippen molar-refractivity contribution in [2.24, 2.45) is 11.8 Å². The molecule has 0 saturated heterocycles. The normalized spacial score (nSPS) is 22.6. The average molecular weight is 315 g/mol. The molecular weight excluding hydrogens is 295 g/mol. The van der Waals surface area contributed by atoms with E-state index >= 15 is 0 Å². The van der Waals surface area contributed by atoms with Crippen LogP contribution in [0.5, 0.6) is 0 Å². The molecule has 1 N–H and O–H groups in total. The second kappa shape index (κ2) is 7.28. The molecule has 0 spiro atoms. The van der Waals surface area contributed by atoms with E-state index in [1.807, 2.05) is 0 Å². The van der Waals surface area contributed by atoms with Crippen LogP contribution in [0, 0.1) is 11.8 Å². The fourth-order valence-corrected chi connectivity index (χ4v) is 3.13. The minimum absolute atomic E-state index is 0.139. The second-order valence-electron chi connectivity index (χ2n) is 5.68. The van der Waals surface area contributed by atoms with Gasteiger partial charge in [-0.1, -0.05) is 49.4 Å². The predicted octanol–water partition coefficient (Wildman–Crippen LogP) is 4.33. The molecule has 1 aliphatic carbocycles. The van der Waals surface area contributed by atoms with E-state index < -0.39 is 0 Å². The summed E-state index contributed by atoms with van der Waals surface area (Å²) in [6.07, 6.45) is 7.73. The van der Waals surface area contributed by atoms with E-state index in [-0.39, 0.29) is 11.1 Å². The van der Waals surface area contributed by atoms with Crippen LogP contribution in [0.3, 0.4) is 0 Å². The van der Waals surface area contributed by atoms with Crippen LogP contribution in [0.25, 0.3) is 0 Å². The van der Waals surface area contributed by atoms with Gasteiger partial charge in [0.15, 0.2) is 0 Å². The lowest BCUT2D eigenvalue weighted by Crippen LogP contribution is -2.27. The topological polar surface area (TPSA) is 42.0 Å². The van der Waals surface area contributed by atoms with Crippen molar-refractivity contribution in [3.05, 3.63) is 28.0 Å². The number of nitrogens with zero attached hydrogens (tertiary/aromatic N) is 1. The van der Waals surface area contributed by atoms with Crippen LogP contribution in [0.15, 0.2) is 12.3 Å². The maximum absolute atomic E-state index is 12.0. The molecule has 3 nitrogen and oxygen atoms in total. The number of carbonyl (C=O) groups is 1. The van der Waals surface area contributed by atoms with E-state index in [2.05, 4.69) is 17.2 Å². The molecule has 1 aromatic rings. The Labute approximate surface area is 130 Å². The summed E-state index contributed by atoms with van der Waals surface area (Å²) in [6.45, 7) is 3.02. The number of hydrogen-bond donors (Lipinski definition) is 1. The molecule has 0 aromatic carbocycles. The van der Waals surface area contributed by atoms with E-state index in [0.717, 1.165) is 18.3 Å². The number of hydrogen-bond acceptors (Lipinski definition) is 2. The molecule has 0 bridgehead atoms. The van der Waals surface area contributed by atoms with Gasteiger partial charge in [0.05, 0.1) is 10.6 Å². The summed E-state index contributed by atoms with van der Waals surface area (Å²) in [5.74, 6) is 1.43. The van der Waals surface area contributed by atoms with E-state index in [1.165, 1.54) is 31.9 Å². The molecule has 20 heavy (non-hydrogen) atoms. The van der Waals surface area contributed by atoms with Crippen molar-refractivity contribution in [3.63, 3.8) is 0 Å². The summed E-state index contributed by atoms with van der Waals surface area (Å²) in [5, 5.41) is 3.45. The number of pyridine rings is 1. The summed E-state index contributed by atoms with van der Waals surface area (Å²) in [5.41, 5.74) is 0.455. The standard InChI is InChI=1S/C15H20Cl2N2O/c1-10-3-2-4-11(7-10)5-6-18-15(20)12-8-13(16)14(17)19-9-12/h8-11H,2-7H2,1H3,(H,18,20). The van der Waals surface area contributed by atoms with E-state index in [0.29, 0.717) is 17.1 Å². The molecule has 1 aliphatic rings. The summed E-state index contributed by atoms with van der Waals surface area (Å²) in [7, 11) is 0. The molecule has 0 aliphatic heterocycles. The molecule has 110 valence electrons. The number of rotatable bonds is 4. The zero-order valence-electron chi connectivity index (χ0n) is 11.7. The number of nitrogens with one attached hydrogen (secondary N) is 1. The molecule has 1 heterocycles. The summed E-state index contributed by atoms with van der Waals surface area (Å²) in [4.78, 5) is 15.8. The molecule has 0 radical (unpaired) electrons. The van der Waals surface area contributed by atoms with Gasteiger partial charge >= 0.3 is 0 Å². The van der Waals surface area contributed by atoms with Crippen molar-refractivity contribution < 1.29 is 4.79 Å². The largest absolute Gasteiger partial charge is 0.352 e. The third-order valence-corrected chi connectivity index (χ3v) is 4.63. The van der Waals surface area contributed by atoms with Crippen molar-refractivity contribution in [1.29, 1.82) is 0 Å². The lowest BCUT2D eigenvalue weighted by Gasteiger charge is -2.26. The van der Waals surface area contributed by atoms with Gasteiger partial charge in [-0.05, 0) is 30.7 Å². The maximum Gasteiger partial charge on any atom is 0.252 e. The molecule has 1 aromatic heterocycles. The Kier molecular flexibility index (Phi) is 5.67. The van der Waals surface area contributed by atoms with E-state index in [9.17, 15) is 4.79 Å². The fraction of sp³-hybridized carbons (Fsp3) is 0.600. The highest BCUT2D eigenvalue weighted by molar-refractivity contribution is 6.41. The van der Waals surface area contributed by atoms with Gasteiger partial charge in [0.25, 0.3) is 5.91 Å². The van der Waals surface area contributed by atoms with Crippen LogP contribution >= 0.6 is 23.2 Å². The molecule has 1 fully saturated rings. The quantitative estimate of drug-likeness (QED) is 0.840. The van der Waals surface area contributed by atoms with Crippen LogP contribution in [-0.4, -0.2) is 17.4 Å². The maximum atomic E-state index is 12.0. The molecule has 2 unspecified atom stereocenters. The van der Waals surface area contributed by atoms with Crippen molar-refractivity contribution in [2.45, 2.75) is 39.0 Å². The van der Waals surface area contributed by atoms with Crippen molar-refractivity contribution in [3.8, 4) is 0 Å². The third-order valence-electron chi connectivity index (χ3n) is 3.94. The number of aromatic nitrogens is 1. The minimum atomic E-state index is -0.139. The Morgan fingerprint density at radius 3 is 2.95 bits per heavy atom. The molecule has 5 heteroatoms. The van der Waals surface area contributed by atoms with Gasteiger partial charge in [-0.25, -0.2) is 4.98 Å². The monoisotopic (exact) mass is 314 g/mol. The summed E-state index contributed by atoms with van der Waals surface area (Å²) in [6, 6.07) is 1.55. The zero-order chi connectivity index (χ0) is 14.5. The van der Waals surface area contributed by atoms with E-state index in [4.69, 9.17) is 23.2 Å². The second-order valence-corrected chi connectivity index (χ2v) is 6.44. The first-order valence-corrected chi connectivity index (χ1v) is 7.91. The van der Waals surface area contributed by atoms with Gasteiger partial charge in [0.2, 0.25) is 0 Å². The zero-order valence-corrected chi connectivity index (χ0v) is 13.2. The van der Waals surface area contributed by atoms with Gasteiger partial charge < -0.3 is 5.32 Å². The third kappa shape index (κ3) is 4.35. The molecule has 1 amide bonds. The Balaban J connectivity index is 1.78. The van der Waals surface area contributed by atoms with Gasteiger partial charge in [0.1, 0.15) is 5.15 Å². The highest BCUT2D eigenvalue weighted by Crippen LogP contribution is 2.30. The molecular formula is C15H20Cl2N2O. The smallest absolute Gasteiger partial charge is 0.252 e. The minimum Gasteiger partial charge on any atom is -0.352 e. The number of halogens is 2. The van der Waals surface area contributed by atoms with Gasteiger partial charge in [-0.2, -0.15) is 0 Å². The predicted molar refractivity (Wildman–Crippen MR) is 82.3 cm³/mol. The first kappa shape index (κ1) is 15.6. The molecule has 1 saturated carbocycles. The van der Waals surface area contributed by atoms with Crippen molar-refractivity contribution in [2.75, 3.05) is 6.54 Å². The number of amides is 1. The van der Waals surface area contributed by atoms with Crippen LogP contribution in [0.1, 0.15) is 49.4 Å².